The highest BCUT2D eigenvalue weighted by Crippen LogP contribution is 2.43. The summed E-state index contributed by atoms with van der Waals surface area (Å²) in [6.45, 7) is 9.30. The fourth-order valence-corrected chi connectivity index (χ4v) is 5.77. The van der Waals surface area contributed by atoms with Crippen LogP contribution in [0.3, 0.4) is 0 Å². The van der Waals surface area contributed by atoms with Gasteiger partial charge in [0.25, 0.3) is 0 Å². The van der Waals surface area contributed by atoms with E-state index in [2.05, 4.69) is 52.0 Å². The van der Waals surface area contributed by atoms with E-state index in [-0.39, 0.29) is 11.5 Å². The van der Waals surface area contributed by atoms with Crippen LogP contribution in [0.4, 0.5) is 5.82 Å². The van der Waals surface area contributed by atoms with E-state index in [1.54, 1.807) is 0 Å². The van der Waals surface area contributed by atoms with E-state index in [0.717, 1.165) is 76.0 Å². The van der Waals surface area contributed by atoms with Gasteiger partial charge in [0.15, 0.2) is 0 Å². The molecule has 3 heterocycles. The third-order valence-corrected chi connectivity index (χ3v) is 7.76. The molecule has 0 radical (unpaired) electrons. The van der Waals surface area contributed by atoms with Gasteiger partial charge in [-0.15, -0.1) is 5.54 Å². The Morgan fingerprint density at radius 3 is 2.67 bits per heavy atom. The lowest BCUT2D eigenvalue weighted by molar-refractivity contribution is -0.139. The molecule has 1 aromatic rings. The van der Waals surface area contributed by atoms with E-state index >= 15 is 0 Å². The Balaban J connectivity index is 1.53. The van der Waals surface area contributed by atoms with Crippen molar-refractivity contribution in [2.75, 3.05) is 24.5 Å². The lowest BCUT2D eigenvalue weighted by Crippen LogP contribution is -2.50. The average molecular weight is 426 g/mol. The molecule has 3 fully saturated rings. The Bertz CT molecular complexity index is 848. The standard InChI is InChI=1S/C24H35N3O2Si/c1-30(2,3)17-11-19-6-4-14-25-22(19)26-15-5-12-24(18-26)13-16-27(23(24)29)20-7-9-21(28)10-8-20/h4,6,14,20-21,28H,5,7-10,12-13,15-16,18H2,1-3H3/t20-,21-,24-/m1/s1. The van der Waals surface area contributed by atoms with Crippen LogP contribution in [0.1, 0.15) is 50.5 Å². The summed E-state index contributed by atoms with van der Waals surface area (Å²) >= 11 is 0. The van der Waals surface area contributed by atoms with Crippen LogP contribution in [0.25, 0.3) is 0 Å². The molecule has 1 N–H and O–H groups in total. The number of carbonyl (C=O) groups excluding carboxylic acids is 1. The van der Waals surface area contributed by atoms with Crippen molar-refractivity contribution in [3.63, 3.8) is 0 Å². The number of anilines is 1. The first-order chi connectivity index (χ1) is 14.3. The highest BCUT2D eigenvalue weighted by atomic mass is 28.3. The molecule has 2 aliphatic heterocycles. The second kappa shape index (κ2) is 8.36. The number of carbonyl (C=O) groups is 1. The van der Waals surface area contributed by atoms with E-state index in [4.69, 9.17) is 0 Å². The van der Waals surface area contributed by atoms with Crippen LogP contribution < -0.4 is 4.90 Å². The van der Waals surface area contributed by atoms with E-state index in [9.17, 15) is 9.90 Å². The maximum atomic E-state index is 13.6. The minimum atomic E-state index is -1.47. The number of nitrogens with zero attached hydrogens (tertiary/aromatic N) is 3. The van der Waals surface area contributed by atoms with Crippen LogP contribution in [0.5, 0.6) is 0 Å². The summed E-state index contributed by atoms with van der Waals surface area (Å²) in [5.41, 5.74) is 4.17. The van der Waals surface area contributed by atoms with Crippen LogP contribution in [0.2, 0.25) is 19.6 Å². The minimum Gasteiger partial charge on any atom is -0.393 e. The first-order valence-corrected chi connectivity index (χ1v) is 15.0. The fourth-order valence-electron chi connectivity index (χ4n) is 5.26. The molecule has 1 aromatic heterocycles. The normalized spacial score (nSPS) is 29.8. The molecule has 6 heteroatoms. The number of aromatic nitrogens is 1. The molecule has 1 atom stereocenters. The van der Waals surface area contributed by atoms with Crippen LogP contribution in [0, 0.1) is 16.9 Å². The average Bonchev–Trinajstić information content (AvgIpc) is 3.02. The molecule has 162 valence electrons. The summed E-state index contributed by atoms with van der Waals surface area (Å²) in [5.74, 6) is 4.67. The van der Waals surface area contributed by atoms with Crippen molar-refractivity contribution in [3.05, 3.63) is 23.9 Å². The monoisotopic (exact) mass is 425 g/mol. The smallest absolute Gasteiger partial charge is 0.230 e. The van der Waals surface area contributed by atoms with E-state index in [1.807, 2.05) is 12.3 Å². The highest BCUT2D eigenvalue weighted by Gasteiger charge is 2.50. The van der Waals surface area contributed by atoms with Gasteiger partial charge in [-0.3, -0.25) is 4.79 Å². The van der Waals surface area contributed by atoms with Crippen LogP contribution in [-0.4, -0.2) is 60.8 Å². The van der Waals surface area contributed by atoms with Crippen molar-refractivity contribution in [2.45, 2.75) is 76.7 Å². The van der Waals surface area contributed by atoms with Gasteiger partial charge in [-0.2, -0.15) is 0 Å². The van der Waals surface area contributed by atoms with E-state index < -0.39 is 8.07 Å². The van der Waals surface area contributed by atoms with Crippen molar-refractivity contribution in [1.29, 1.82) is 0 Å². The largest absolute Gasteiger partial charge is 0.393 e. The summed E-state index contributed by atoms with van der Waals surface area (Å²) < 4.78 is 0. The topological polar surface area (TPSA) is 56.7 Å². The number of likely N-dealkylation sites (tertiary alicyclic amines) is 1. The van der Waals surface area contributed by atoms with Gasteiger partial charge in [-0.1, -0.05) is 25.6 Å². The molecule has 3 aliphatic rings. The molecule has 30 heavy (non-hydrogen) atoms. The zero-order valence-corrected chi connectivity index (χ0v) is 19.7. The first kappa shape index (κ1) is 21.4. The van der Waals surface area contributed by atoms with Gasteiger partial charge in [0, 0.05) is 31.9 Å². The summed E-state index contributed by atoms with van der Waals surface area (Å²) in [5, 5.41) is 9.83. The van der Waals surface area contributed by atoms with Crippen molar-refractivity contribution in [3.8, 4) is 11.5 Å². The maximum Gasteiger partial charge on any atom is 0.230 e. The lowest BCUT2D eigenvalue weighted by atomic mass is 9.78. The minimum absolute atomic E-state index is 0.182. The number of piperidine rings is 1. The summed E-state index contributed by atoms with van der Waals surface area (Å²) in [6.07, 6.45) is 8.08. The Hall–Kier alpha value is -1.84. The van der Waals surface area contributed by atoms with Crippen molar-refractivity contribution in [1.82, 2.24) is 9.88 Å². The molecule has 2 saturated heterocycles. The molecule has 1 amide bonds. The number of hydrogen-bond donors (Lipinski definition) is 1. The summed E-state index contributed by atoms with van der Waals surface area (Å²) in [4.78, 5) is 22.7. The maximum absolute atomic E-state index is 13.6. The Morgan fingerprint density at radius 1 is 1.17 bits per heavy atom. The second-order valence-electron chi connectivity index (χ2n) is 10.4. The number of hydrogen-bond acceptors (Lipinski definition) is 4. The fraction of sp³-hybridized carbons (Fsp3) is 0.667. The molecular weight excluding hydrogens is 390 g/mol. The molecular formula is C24H35N3O2Si. The third kappa shape index (κ3) is 4.43. The van der Waals surface area contributed by atoms with Gasteiger partial charge in [0.1, 0.15) is 13.9 Å². The molecule has 0 unspecified atom stereocenters. The van der Waals surface area contributed by atoms with Gasteiger partial charge in [-0.05, 0) is 57.1 Å². The SMILES string of the molecule is C[Si](C)(C)C#Cc1cccnc1N1CCC[C@@]2(CCN([C@H]3CC[C@H](O)CC3)C2=O)C1. The quantitative estimate of drug-likeness (QED) is 0.583. The second-order valence-corrected chi connectivity index (χ2v) is 15.1. The molecule has 5 nitrogen and oxygen atoms in total. The first-order valence-electron chi connectivity index (χ1n) is 11.5. The Morgan fingerprint density at radius 2 is 1.93 bits per heavy atom. The predicted molar refractivity (Wildman–Crippen MR) is 123 cm³/mol. The molecule has 1 saturated carbocycles. The molecule has 4 rings (SSSR count). The third-order valence-electron chi connectivity index (χ3n) is 6.89. The zero-order valence-electron chi connectivity index (χ0n) is 18.7. The van der Waals surface area contributed by atoms with Gasteiger partial charge in [-0.25, -0.2) is 4.98 Å². The Labute approximate surface area is 181 Å². The molecule has 1 spiro atoms. The Kier molecular flexibility index (Phi) is 5.96. The predicted octanol–water partition coefficient (Wildman–Crippen LogP) is 3.43. The molecule has 0 aromatic carbocycles. The van der Waals surface area contributed by atoms with Gasteiger partial charge in [0.2, 0.25) is 5.91 Å². The number of pyridine rings is 1. The van der Waals surface area contributed by atoms with E-state index in [0.29, 0.717) is 11.9 Å². The zero-order chi connectivity index (χ0) is 21.4. The van der Waals surface area contributed by atoms with Crippen LogP contribution >= 0.6 is 0 Å². The van der Waals surface area contributed by atoms with Crippen molar-refractivity contribution in [2.24, 2.45) is 5.41 Å². The van der Waals surface area contributed by atoms with E-state index in [1.165, 1.54) is 0 Å². The van der Waals surface area contributed by atoms with Gasteiger partial charge in [0.05, 0.1) is 17.1 Å². The summed E-state index contributed by atoms with van der Waals surface area (Å²) in [6, 6.07) is 4.33. The van der Waals surface area contributed by atoms with Crippen LogP contribution in [-0.2, 0) is 4.79 Å². The van der Waals surface area contributed by atoms with Crippen LogP contribution in [0.15, 0.2) is 18.3 Å². The summed E-state index contributed by atoms with van der Waals surface area (Å²) in [7, 11) is -1.47. The number of rotatable bonds is 2. The molecule has 1 aliphatic carbocycles. The van der Waals surface area contributed by atoms with Crippen molar-refractivity contribution >= 4 is 19.8 Å². The number of aliphatic hydroxyl groups excluding tert-OH is 1. The molecule has 0 bridgehead atoms. The van der Waals surface area contributed by atoms with Crippen molar-refractivity contribution < 1.29 is 9.90 Å². The number of aliphatic hydroxyl groups is 1. The highest BCUT2D eigenvalue weighted by molar-refractivity contribution is 6.83. The number of amides is 1. The lowest BCUT2D eigenvalue weighted by Gasteiger charge is -2.41. The van der Waals surface area contributed by atoms with Gasteiger partial charge >= 0.3 is 0 Å². The van der Waals surface area contributed by atoms with Gasteiger partial charge < -0.3 is 14.9 Å².